The first-order valence-corrected chi connectivity index (χ1v) is 5.47. The number of halogens is 1. The molecule has 2 atom stereocenters. The Morgan fingerprint density at radius 3 is 2.80 bits per heavy atom. The molecule has 0 bridgehead atoms. The summed E-state index contributed by atoms with van der Waals surface area (Å²) in [4.78, 5) is 32.0. The summed E-state index contributed by atoms with van der Waals surface area (Å²) in [6.07, 6.45) is -1.05. The third-order valence-corrected chi connectivity index (χ3v) is 1.75. The number of rotatable bonds is 6. The molecule has 0 fully saturated rings. The van der Waals surface area contributed by atoms with Gasteiger partial charge in [0.25, 0.3) is 0 Å². The second-order valence-electron chi connectivity index (χ2n) is 2.35. The number of carbonyl (C=O) groups is 1. The Balaban J connectivity index is 3.82. The second kappa shape index (κ2) is 7.47. The number of nitrogens with zero attached hydrogens (tertiary/aromatic N) is 1. The lowest BCUT2D eigenvalue weighted by atomic mass is 10.6. The van der Waals surface area contributed by atoms with Gasteiger partial charge in [-0.1, -0.05) is 5.43 Å². The summed E-state index contributed by atoms with van der Waals surface area (Å²) in [6.45, 7) is 1.21. The number of hydrazine groups is 1. The molecule has 0 spiro atoms. The van der Waals surface area contributed by atoms with Gasteiger partial charge in [0.15, 0.2) is 6.23 Å². The van der Waals surface area contributed by atoms with Crippen molar-refractivity contribution in [2.45, 2.75) is 13.2 Å². The van der Waals surface area contributed by atoms with Gasteiger partial charge >= 0.3 is 14.3 Å². The second-order valence-corrected chi connectivity index (χ2v) is 3.38. The van der Waals surface area contributed by atoms with E-state index in [-0.39, 0.29) is 17.3 Å². The van der Waals surface area contributed by atoms with E-state index >= 15 is 0 Å². The molecule has 0 aliphatic heterocycles. The first-order chi connectivity index (χ1) is 6.95. The van der Waals surface area contributed by atoms with Crippen molar-refractivity contribution in [2.75, 3.05) is 12.4 Å². The van der Waals surface area contributed by atoms with E-state index in [4.69, 9.17) is 11.6 Å². The van der Waals surface area contributed by atoms with Crippen LogP contribution in [0.2, 0.25) is 0 Å². The minimum absolute atomic E-state index is 0.0578. The van der Waals surface area contributed by atoms with Crippen molar-refractivity contribution < 1.29 is 23.6 Å². The molecule has 0 aromatic rings. The smallest absolute Gasteiger partial charge is 0.490 e. The first kappa shape index (κ1) is 14.2. The Morgan fingerprint density at radius 2 is 2.33 bits per heavy atom. The molecule has 0 aliphatic rings. The largest absolute Gasteiger partial charge is 0.566 e. The Morgan fingerprint density at radius 1 is 1.73 bits per heavy atom. The molecule has 0 aromatic carbocycles. The highest BCUT2D eigenvalue weighted by Crippen LogP contribution is 2.10. The zero-order valence-electron chi connectivity index (χ0n) is 7.81. The van der Waals surface area contributed by atoms with Crippen LogP contribution >= 0.6 is 19.9 Å². The van der Waals surface area contributed by atoms with Crippen molar-refractivity contribution in [1.82, 2.24) is 10.7 Å². The third kappa shape index (κ3) is 8.19. The van der Waals surface area contributed by atoms with Gasteiger partial charge in [0.05, 0.1) is 10.8 Å². The Bertz CT molecular complexity index is 263. The zero-order valence-corrected chi connectivity index (χ0v) is 9.46. The van der Waals surface area contributed by atoms with Crippen molar-refractivity contribution in [3.8, 4) is 0 Å². The van der Waals surface area contributed by atoms with Gasteiger partial charge in [0.2, 0.25) is 6.54 Å². The number of nitrogens with one attached hydrogen (secondary N) is 2. The Kier molecular flexibility index (Phi) is 7.06. The molecule has 2 amide bonds. The maximum absolute atomic E-state index is 10.9. The highest BCUT2D eigenvalue weighted by Gasteiger charge is 2.18. The van der Waals surface area contributed by atoms with E-state index in [1.165, 1.54) is 6.92 Å². The van der Waals surface area contributed by atoms with Gasteiger partial charge in [-0.2, -0.15) is 0 Å². The molecule has 86 valence electrons. The van der Waals surface area contributed by atoms with E-state index in [1.807, 2.05) is 5.43 Å². The maximum Gasteiger partial charge on any atom is 0.490 e. The van der Waals surface area contributed by atoms with Crippen molar-refractivity contribution in [3.63, 3.8) is 0 Å². The van der Waals surface area contributed by atoms with Crippen LogP contribution in [0.4, 0.5) is 4.79 Å². The molecular weight excluding hydrogens is 248 g/mol. The molecular formula is C5H10ClN3O5P+. The lowest BCUT2D eigenvalue weighted by Gasteiger charge is -2.05. The molecule has 0 saturated carbocycles. The van der Waals surface area contributed by atoms with Gasteiger partial charge < -0.3 is 10.2 Å². The van der Waals surface area contributed by atoms with Crippen LogP contribution in [0.1, 0.15) is 6.92 Å². The fourth-order valence-corrected chi connectivity index (χ4v) is 1.08. The number of alkyl halides is 1. The predicted molar refractivity (Wildman–Crippen MR) is 49.0 cm³/mol. The number of hydrogen-bond acceptors (Lipinski definition) is 5. The van der Waals surface area contributed by atoms with E-state index in [2.05, 4.69) is 9.84 Å². The third-order valence-electron chi connectivity index (χ3n) is 1.09. The lowest BCUT2D eigenvalue weighted by Crippen LogP contribution is -2.45. The van der Waals surface area contributed by atoms with Crippen molar-refractivity contribution in [1.29, 1.82) is 0 Å². The van der Waals surface area contributed by atoms with Crippen molar-refractivity contribution >= 4 is 25.9 Å². The topological polar surface area (TPSA) is 111 Å². The number of urea groups is 1. The molecule has 0 radical (unpaired) electrons. The molecule has 10 heteroatoms. The fourth-order valence-electron chi connectivity index (χ4n) is 0.618. The van der Waals surface area contributed by atoms with Crippen LogP contribution in [0, 0.1) is 4.91 Å². The monoisotopic (exact) mass is 258 g/mol. The maximum atomic E-state index is 10.9. The van der Waals surface area contributed by atoms with Gasteiger partial charge in [-0.3, -0.25) is 0 Å². The van der Waals surface area contributed by atoms with Crippen LogP contribution in [-0.2, 0) is 9.09 Å². The molecule has 0 rings (SSSR count). The van der Waals surface area contributed by atoms with Crippen LogP contribution < -0.4 is 15.6 Å². The van der Waals surface area contributed by atoms with Crippen molar-refractivity contribution in [3.05, 3.63) is 4.91 Å². The number of carbonyl (C=O) groups excluding carboxylic acids is 1. The average Bonchev–Trinajstić information content (AvgIpc) is 2.00. The standard InChI is InChI=1S/C5H9ClN3O5P/c1-4(14-15(12)13)7-5(10)8-9(11)3-2-6/h4H,2-3H2,1H3,(H-,7,8,10,11)/p+1. The normalized spacial score (nSPS) is 12.9. The van der Waals surface area contributed by atoms with Gasteiger partial charge in [0.1, 0.15) is 4.87 Å². The number of hydrogen-bond donors (Lipinski definition) is 2. The molecule has 2 unspecified atom stereocenters. The predicted octanol–water partition coefficient (Wildman–Crippen LogP) is -0.401. The highest BCUT2D eigenvalue weighted by atomic mass is 35.5. The summed E-state index contributed by atoms with van der Waals surface area (Å²) in [7, 11) is -3.05. The van der Waals surface area contributed by atoms with E-state index in [1.54, 1.807) is 0 Å². The summed E-state index contributed by atoms with van der Waals surface area (Å²) in [6, 6.07) is -0.875. The van der Waals surface area contributed by atoms with Crippen LogP contribution in [-0.4, -0.2) is 29.6 Å². The summed E-state index contributed by atoms with van der Waals surface area (Å²) >= 11 is 5.24. The van der Waals surface area contributed by atoms with E-state index in [0.717, 1.165) is 0 Å². The SMILES string of the molecule is CC(NC(=O)N[N+](=O)CCCl)O[P+](=O)[O-]. The first-order valence-electron chi connectivity index (χ1n) is 3.84. The quantitative estimate of drug-likeness (QED) is 0.221. The van der Waals surface area contributed by atoms with Gasteiger partial charge in [-0.15, -0.1) is 16.1 Å². The summed E-state index contributed by atoms with van der Waals surface area (Å²) in [5, 5.41) is 2.06. The minimum Gasteiger partial charge on any atom is -0.566 e. The number of amides is 2. The average molecular weight is 259 g/mol. The molecule has 0 heterocycles. The fraction of sp³-hybridized carbons (Fsp3) is 0.800. The summed E-state index contributed by atoms with van der Waals surface area (Å²) < 4.78 is 14.3. The van der Waals surface area contributed by atoms with Crippen LogP contribution in [0.25, 0.3) is 0 Å². The van der Waals surface area contributed by atoms with Crippen molar-refractivity contribution in [2.24, 2.45) is 0 Å². The lowest BCUT2D eigenvalue weighted by molar-refractivity contribution is -0.588. The van der Waals surface area contributed by atoms with Gasteiger partial charge in [-0.25, -0.2) is 4.79 Å². The Labute approximate surface area is 91.4 Å². The molecule has 0 aliphatic carbocycles. The molecule has 8 nitrogen and oxygen atoms in total. The Hall–Kier alpha value is -0.820. The molecule has 2 N–H and O–H groups in total. The van der Waals surface area contributed by atoms with E-state index < -0.39 is 20.5 Å². The molecule has 15 heavy (non-hydrogen) atoms. The van der Waals surface area contributed by atoms with Crippen LogP contribution in [0.5, 0.6) is 0 Å². The molecule has 0 aromatic heterocycles. The number of nitroso groups, excluding NO2 is 1. The highest BCUT2D eigenvalue weighted by molar-refractivity contribution is 7.30. The van der Waals surface area contributed by atoms with E-state index in [0.29, 0.717) is 0 Å². The van der Waals surface area contributed by atoms with Gasteiger partial charge in [0, 0.05) is 0 Å². The van der Waals surface area contributed by atoms with E-state index in [9.17, 15) is 19.2 Å². The van der Waals surface area contributed by atoms with Crippen LogP contribution in [0.15, 0.2) is 0 Å². The summed E-state index contributed by atoms with van der Waals surface area (Å²) in [5.41, 5.74) is 1.85. The minimum atomic E-state index is -3.05. The van der Waals surface area contributed by atoms with Crippen LogP contribution in [0.3, 0.4) is 0 Å². The zero-order chi connectivity index (χ0) is 11.8. The molecule has 0 saturated heterocycles. The van der Waals surface area contributed by atoms with Gasteiger partial charge in [-0.05, 0) is 11.5 Å². The summed E-state index contributed by atoms with van der Waals surface area (Å²) in [5.74, 6) is 0.0578.